The first kappa shape index (κ1) is 27.9. The van der Waals surface area contributed by atoms with Crippen molar-refractivity contribution in [3.63, 3.8) is 0 Å². The predicted octanol–water partition coefficient (Wildman–Crippen LogP) is 4.50. The van der Waals surface area contributed by atoms with Gasteiger partial charge in [-0.3, -0.25) is 14.0 Å². The van der Waals surface area contributed by atoms with E-state index in [1.807, 2.05) is 0 Å². The zero-order chi connectivity index (χ0) is 27.7. The summed E-state index contributed by atoms with van der Waals surface area (Å²) in [5, 5.41) is 3.38. The summed E-state index contributed by atoms with van der Waals surface area (Å²) in [7, 11) is -1.97. The summed E-state index contributed by atoms with van der Waals surface area (Å²) in [5.41, 5.74) is 0.556. The third-order valence-corrected chi connectivity index (χ3v) is 9.28. The first-order valence-corrected chi connectivity index (χ1v) is 14.8. The smallest absolute Gasteiger partial charge is 0.264 e. The van der Waals surface area contributed by atoms with Crippen molar-refractivity contribution in [2.45, 2.75) is 11.0 Å². The molecule has 39 heavy (non-hydrogen) atoms. The normalized spacial score (nSPS) is 18.4. The van der Waals surface area contributed by atoms with Gasteiger partial charge in [0.25, 0.3) is 15.9 Å². The van der Waals surface area contributed by atoms with Crippen LogP contribution in [0.2, 0.25) is 15.1 Å². The molecule has 0 saturated carbocycles. The Hall–Kier alpha value is -2.60. The largest absolute Gasteiger partial charge is 0.470 e. The minimum atomic E-state index is -4.04. The second-order valence-electron chi connectivity index (χ2n) is 9.44. The predicted molar refractivity (Wildman–Crippen MR) is 153 cm³/mol. The van der Waals surface area contributed by atoms with Gasteiger partial charge in [-0.25, -0.2) is 13.4 Å². The molecule has 1 amide bonds. The van der Waals surface area contributed by atoms with Gasteiger partial charge in [-0.15, -0.1) is 0 Å². The highest BCUT2D eigenvalue weighted by atomic mass is 35.5. The van der Waals surface area contributed by atoms with Gasteiger partial charge in [0.2, 0.25) is 5.88 Å². The van der Waals surface area contributed by atoms with Crippen molar-refractivity contribution >= 4 is 62.1 Å². The first-order valence-electron chi connectivity index (χ1n) is 12.2. The van der Waals surface area contributed by atoms with E-state index in [1.165, 1.54) is 28.7 Å². The van der Waals surface area contributed by atoms with Gasteiger partial charge in [0.05, 0.1) is 38.9 Å². The Balaban J connectivity index is 1.48. The summed E-state index contributed by atoms with van der Waals surface area (Å²) in [5.74, 6) is -0.402. The molecular weight excluding hydrogens is 585 g/mol. The fourth-order valence-electron chi connectivity index (χ4n) is 4.56. The van der Waals surface area contributed by atoms with Crippen LogP contribution in [0, 0.1) is 0 Å². The number of carbonyl (C=O) groups excluding carboxylic acids is 1. The topological polar surface area (TPSA) is 95.1 Å². The van der Waals surface area contributed by atoms with Crippen molar-refractivity contribution in [2.75, 3.05) is 55.9 Å². The van der Waals surface area contributed by atoms with E-state index in [1.54, 1.807) is 30.3 Å². The zero-order valence-corrected chi connectivity index (χ0v) is 24.1. The molecule has 0 aliphatic carbocycles. The fourth-order valence-corrected chi connectivity index (χ4v) is 6.92. The number of fused-ring (bicyclic) bond motifs is 1. The third-order valence-electron chi connectivity index (χ3n) is 6.64. The monoisotopic (exact) mass is 609 g/mol. The van der Waals surface area contributed by atoms with Gasteiger partial charge in [-0.05, 0) is 43.4 Å². The second-order valence-corrected chi connectivity index (χ2v) is 12.5. The lowest BCUT2D eigenvalue weighted by molar-refractivity contribution is 0.0912. The molecule has 206 valence electrons. The third kappa shape index (κ3) is 6.11. The summed E-state index contributed by atoms with van der Waals surface area (Å²) in [6.45, 7) is 4.15. The van der Waals surface area contributed by atoms with Crippen molar-refractivity contribution in [3.05, 3.63) is 75.4 Å². The maximum atomic E-state index is 13.9. The molecule has 3 aromatic rings. The molecule has 1 aromatic heterocycles. The average molecular weight is 611 g/mol. The molecule has 13 heteroatoms. The summed E-state index contributed by atoms with van der Waals surface area (Å²) in [6.07, 6.45) is 0.953. The summed E-state index contributed by atoms with van der Waals surface area (Å²) in [4.78, 5) is 21.9. The molecule has 2 aliphatic rings. The molecule has 5 rings (SSSR count). The Kier molecular flexibility index (Phi) is 8.23. The number of hydrogen-bond donors (Lipinski definition) is 1. The van der Waals surface area contributed by atoms with E-state index >= 15 is 0 Å². The van der Waals surface area contributed by atoms with E-state index in [4.69, 9.17) is 39.5 Å². The lowest BCUT2D eigenvalue weighted by Crippen LogP contribution is -2.52. The molecule has 1 atom stereocenters. The van der Waals surface area contributed by atoms with Crippen LogP contribution in [0.15, 0.2) is 59.6 Å². The van der Waals surface area contributed by atoms with E-state index in [-0.39, 0.29) is 44.3 Å². The number of piperazine rings is 1. The molecule has 2 aromatic carbocycles. The number of benzene rings is 2. The fraction of sp³-hybridized carbons (Fsp3) is 0.308. The minimum absolute atomic E-state index is 0.0403. The number of likely N-dealkylation sites (N-methyl/N-ethyl adjacent to an activating group) is 1. The molecule has 3 heterocycles. The summed E-state index contributed by atoms with van der Waals surface area (Å²) in [6, 6.07) is 12.3. The number of hydrogen-bond acceptors (Lipinski definition) is 7. The molecule has 0 bridgehead atoms. The van der Waals surface area contributed by atoms with Crippen LogP contribution in [0.5, 0.6) is 5.88 Å². The molecule has 1 fully saturated rings. The standard InChI is InChI=1S/C26H26Cl3N5O4S/c1-32-8-10-33(11-9-32)15-19-16-34(39(36,37)20-5-2-4-17(27)12-20)23-13-18(14-30-26(23)38-19)31-25(35)24-21(28)6-3-7-22(24)29/h2-7,12-14,19H,8-11,15-16H2,1H3,(H,31,35)/t19-/m0/s1. The molecule has 9 nitrogen and oxygen atoms in total. The van der Waals surface area contributed by atoms with Gasteiger partial charge in [0.1, 0.15) is 11.8 Å². The van der Waals surface area contributed by atoms with Crippen LogP contribution < -0.4 is 14.4 Å². The van der Waals surface area contributed by atoms with Crippen molar-refractivity contribution < 1.29 is 17.9 Å². The first-order chi connectivity index (χ1) is 18.6. The van der Waals surface area contributed by atoms with Gasteiger partial charge < -0.3 is 15.0 Å². The molecule has 1 N–H and O–H groups in total. The number of amides is 1. The Labute approximate surface area is 242 Å². The maximum absolute atomic E-state index is 13.9. The highest BCUT2D eigenvalue weighted by Gasteiger charge is 2.37. The molecule has 0 unspecified atom stereocenters. The molecule has 0 spiro atoms. The molecule has 2 aliphatic heterocycles. The second kappa shape index (κ2) is 11.5. The van der Waals surface area contributed by atoms with E-state index in [0.717, 1.165) is 26.2 Å². The van der Waals surface area contributed by atoms with Crippen LogP contribution in [0.4, 0.5) is 11.4 Å². The SMILES string of the molecule is CN1CCN(C[C@H]2CN(S(=O)(=O)c3cccc(Cl)c3)c3cc(NC(=O)c4c(Cl)cccc4Cl)cnc3O2)CC1. The van der Waals surface area contributed by atoms with Crippen LogP contribution in [-0.4, -0.2) is 81.5 Å². The van der Waals surface area contributed by atoms with Crippen LogP contribution in [0.1, 0.15) is 10.4 Å². The number of aromatic nitrogens is 1. The van der Waals surface area contributed by atoms with E-state index in [9.17, 15) is 13.2 Å². The number of pyridine rings is 1. The Morgan fingerprint density at radius 1 is 1.05 bits per heavy atom. The number of rotatable bonds is 6. The lowest BCUT2D eigenvalue weighted by Gasteiger charge is -2.39. The number of halogens is 3. The van der Waals surface area contributed by atoms with Gasteiger partial charge in [-0.1, -0.05) is 46.9 Å². The number of anilines is 2. The van der Waals surface area contributed by atoms with Gasteiger partial charge in [-0.2, -0.15) is 0 Å². The summed E-state index contributed by atoms with van der Waals surface area (Å²) < 4.78 is 35.2. The van der Waals surface area contributed by atoms with Crippen LogP contribution in [0.25, 0.3) is 0 Å². The Morgan fingerprint density at radius 3 is 2.44 bits per heavy atom. The van der Waals surface area contributed by atoms with Gasteiger partial charge in [0.15, 0.2) is 0 Å². The van der Waals surface area contributed by atoms with Crippen LogP contribution >= 0.6 is 34.8 Å². The number of nitrogens with zero attached hydrogens (tertiary/aromatic N) is 4. The quantitative estimate of drug-likeness (QED) is 0.439. The van der Waals surface area contributed by atoms with E-state index in [0.29, 0.717) is 11.6 Å². The summed E-state index contributed by atoms with van der Waals surface area (Å²) >= 11 is 18.5. The highest BCUT2D eigenvalue weighted by molar-refractivity contribution is 7.92. The highest BCUT2D eigenvalue weighted by Crippen LogP contribution is 2.38. The molecular formula is C26H26Cl3N5O4S. The lowest BCUT2D eigenvalue weighted by atomic mass is 10.2. The van der Waals surface area contributed by atoms with E-state index < -0.39 is 22.0 Å². The molecule has 0 radical (unpaired) electrons. The van der Waals surface area contributed by atoms with Crippen LogP contribution in [-0.2, 0) is 10.0 Å². The van der Waals surface area contributed by atoms with Crippen LogP contribution in [0.3, 0.4) is 0 Å². The number of carbonyl (C=O) groups is 1. The Morgan fingerprint density at radius 2 is 1.74 bits per heavy atom. The minimum Gasteiger partial charge on any atom is -0.470 e. The Bertz CT molecular complexity index is 1480. The van der Waals surface area contributed by atoms with Crippen molar-refractivity contribution in [1.82, 2.24) is 14.8 Å². The molecule has 1 saturated heterocycles. The van der Waals surface area contributed by atoms with Crippen molar-refractivity contribution in [2.24, 2.45) is 0 Å². The number of ether oxygens (including phenoxy) is 1. The van der Waals surface area contributed by atoms with Crippen molar-refractivity contribution in [3.8, 4) is 5.88 Å². The number of sulfonamides is 1. The maximum Gasteiger partial charge on any atom is 0.264 e. The average Bonchev–Trinajstić information content (AvgIpc) is 2.89. The van der Waals surface area contributed by atoms with Gasteiger partial charge in [0, 0.05) is 37.7 Å². The zero-order valence-electron chi connectivity index (χ0n) is 21.0. The van der Waals surface area contributed by atoms with Crippen molar-refractivity contribution in [1.29, 1.82) is 0 Å². The van der Waals surface area contributed by atoms with E-state index in [2.05, 4.69) is 27.1 Å². The number of nitrogens with one attached hydrogen (secondary N) is 1. The van der Waals surface area contributed by atoms with Gasteiger partial charge >= 0.3 is 0 Å².